The fourth-order valence-electron chi connectivity index (χ4n) is 3.17. The van der Waals surface area contributed by atoms with Crippen LogP contribution >= 0.6 is 0 Å². The zero-order chi connectivity index (χ0) is 17.6. The van der Waals surface area contributed by atoms with Crippen molar-refractivity contribution in [2.24, 2.45) is 0 Å². The van der Waals surface area contributed by atoms with Gasteiger partial charge in [-0.15, -0.1) is 0 Å². The van der Waals surface area contributed by atoms with Crippen LogP contribution in [0, 0.1) is 6.92 Å². The summed E-state index contributed by atoms with van der Waals surface area (Å²) in [5.41, 5.74) is 3.09. The molecule has 0 radical (unpaired) electrons. The molecule has 1 heterocycles. The Morgan fingerprint density at radius 1 is 1.12 bits per heavy atom. The van der Waals surface area contributed by atoms with E-state index in [1.54, 1.807) is 17.0 Å². The summed E-state index contributed by atoms with van der Waals surface area (Å²) in [5.74, 6) is -0.219. The number of ether oxygens (including phenoxy) is 1. The number of nitrogens with zero attached hydrogens (tertiary/aromatic N) is 1. The maximum atomic E-state index is 12.5. The van der Waals surface area contributed by atoms with Crippen molar-refractivity contribution in [3.8, 4) is 0 Å². The van der Waals surface area contributed by atoms with Gasteiger partial charge in [-0.2, -0.15) is 0 Å². The second-order valence-electron chi connectivity index (χ2n) is 6.58. The zero-order valence-corrected chi connectivity index (χ0v) is 14.6. The Kier molecular flexibility index (Phi) is 5.84. The molecule has 1 saturated heterocycles. The van der Waals surface area contributed by atoms with Crippen molar-refractivity contribution >= 4 is 5.91 Å². The number of hydrogen-bond donors (Lipinski definition) is 1. The minimum Gasteiger partial charge on any atom is -0.378 e. The highest BCUT2D eigenvalue weighted by Gasteiger charge is 2.28. The molecule has 0 spiro atoms. The van der Waals surface area contributed by atoms with Crippen molar-refractivity contribution in [1.82, 2.24) is 4.90 Å². The van der Waals surface area contributed by atoms with Gasteiger partial charge in [-0.25, -0.2) is 0 Å². The van der Waals surface area contributed by atoms with E-state index in [9.17, 15) is 9.90 Å². The molecule has 1 amide bonds. The van der Waals surface area contributed by atoms with Crippen molar-refractivity contribution in [2.75, 3.05) is 13.1 Å². The second kappa shape index (κ2) is 8.28. The third-order valence-electron chi connectivity index (χ3n) is 4.84. The smallest absolute Gasteiger partial charge is 0.256 e. The molecule has 1 aliphatic rings. The maximum absolute atomic E-state index is 12.5. The quantitative estimate of drug-likeness (QED) is 0.910. The molecular formula is C21H25NO3. The Balaban J connectivity index is 1.48. The lowest BCUT2D eigenvalue weighted by molar-refractivity contribution is -0.143. The second-order valence-corrected chi connectivity index (χ2v) is 6.58. The number of amides is 1. The van der Waals surface area contributed by atoms with Crippen molar-refractivity contribution < 1.29 is 14.6 Å². The number of aliphatic hydroxyl groups is 1. The van der Waals surface area contributed by atoms with Gasteiger partial charge in [-0.1, -0.05) is 54.6 Å². The fraction of sp³-hybridized carbons (Fsp3) is 0.381. The van der Waals surface area contributed by atoms with E-state index in [0.29, 0.717) is 25.3 Å². The molecule has 0 saturated carbocycles. The van der Waals surface area contributed by atoms with Gasteiger partial charge in [0.1, 0.15) is 0 Å². The molecule has 132 valence electrons. The van der Waals surface area contributed by atoms with Gasteiger partial charge in [0.05, 0.1) is 12.7 Å². The Bertz CT molecular complexity index is 693. The summed E-state index contributed by atoms with van der Waals surface area (Å²) in [6.07, 6.45) is 0.696. The number of likely N-dealkylation sites (tertiary alicyclic amines) is 1. The fourth-order valence-corrected chi connectivity index (χ4v) is 3.17. The number of aliphatic hydroxyl groups excluding tert-OH is 1. The molecule has 4 heteroatoms. The van der Waals surface area contributed by atoms with Crippen LogP contribution < -0.4 is 0 Å². The van der Waals surface area contributed by atoms with Crippen LogP contribution in [0.5, 0.6) is 0 Å². The van der Waals surface area contributed by atoms with E-state index < -0.39 is 6.10 Å². The Labute approximate surface area is 149 Å². The van der Waals surface area contributed by atoms with Crippen LogP contribution in [0.3, 0.4) is 0 Å². The minimum atomic E-state index is -1.08. The molecule has 0 aromatic heterocycles. The molecule has 0 aliphatic carbocycles. The molecule has 0 bridgehead atoms. The first kappa shape index (κ1) is 17.6. The molecule has 2 aromatic carbocycles. The van der Waals surface area contributed by atoms with E-state index in [1.807, 2.05) is 30.3 Å². The van der Waals surface area contributed by atoms with E-state index >= 15 is 0 Å². The highest BCUT2D eigenvalue weighted by Crippen LogP contribution is 2.21. The number of piperidine rings is 1. The van der Waals surface area contributed by atoms with E-state index in [1.165, 1.54) is 11.1 Å². The monoisotopic (exact) mass is 339 g/mol. The van der Waals surface area contributed by atoms with Gasteiger partial charge in [0.15, 0.2) is 6.10 Å². The summed E-state index contributed by atoms with van der Waals surface area (Å²) in [5, 5.41) is 10.3. The summed E-state index contributed by atoms with van der Waals surface area (Å²) in [6.45, 7) is 3.95. The first-order valence-electron chi connectivity index (χ1n) is 8.83. The normalized spacial score (nSPS) is 16.6. The molecule has 3 rings (SSSR count). The minimum absolute atomic E-state index is 0.164. The molecule has 25 heavy (non-hydrogen) atoms. The van der Waals surface area contributed by atoms with Crippen molar-refractivity contribution in [1.29, 1.82) is 0 Å². The number of carbonyl (C=O) groups is 1. The number of aryl methyl sites for hydroxylation is 1. The molecule has 1 atom stereocenters. The number of carbonyl (C=O) groups excluding carboxylic acids is 1. The van der Waals surface area contributed by atoms with E-state index in [2.05, 4.69) is 19.1 Å². The number of benzene rings is 2. The lowest BCUT2D eigenvalue weighted by atomic mass is 10.0. The lowest BCUT2D eigenvalue weighted by Crippen LogP contribution is -2.43. The van der Waals surface area contributed by atoms with Gasteiger partial charge in [-0.3, -0.25) is 4.79 Å². The summed E-state index contributed by atoms with van der Waals surface area (Å²) < 4.78 is 6.02. The Morgan fingerprint density at radius 3 is 2.44 bits per heavy atom. The van der Waals surface area contributed by atoms with Gasteiger partial charge in [0.25, 0.3) is 5.91 Å². The van der Waals surface area contributed by atoms with Crippen LogP contribution in [0.4, 0.5) is 0 Å². The highest BCUT2D eigenvalue weighted by atomic mass is 16.5. The van der Waals surface area contributed by atoms with Crippen LogP contribution in [-0.4, -0.2) is 35.1 Å². The van der Waals surface area contributed by atoms with Gasteiger partial charge < -0.3 is 14.7 Å². The van der Waals surface area contributed by atoms with E-state index in [4.69, 9.17) is 4.74 Å². The summed E-state index contributed by atoms with van der Waals surface area (Å²) in [4.78, 5) is 14.2. The molecule has 1 aliphatic heterocycles. The standard InChI is InChI=1S/C21H25NO3/c1-16-7-5-6-10-18(16)15-25-19-11-13-22(14-12-19)21(24)20(23)17-8-3-2-4-9-17/h2-10,19-20,23H,11-15H2,1H3. The third-order valence-corrected chi connectivity index (χ3v) is 4.84. The van der Waals surface area contributed by atoms with Gasteiger partial charge >= 0.3 is 0 Å². The molecular weight excluding hydrogens is 314 g/mol. The molecule has 1 fully saturated rings. The van der Waals surface area contributed by atoms with Crippen LogP contribution in [-0.2, 0) is 16.1 Å². The summed E-state index contributed by atoms with van der Waals surface area (Å²) in [6, 6.07) is 17.3. The molecule has 4 nitrogen and oxygen atoms in total. The van der Waals surface area contributed by atoms with Crippen LogP contribution in [0.1, 0.15) is 35.6 Å². The first-order valence-corrected chi connectivity index (χ1v) is 8.83. The topological polar surface area (TPSA) is 49.8 Å². The average Bonchev–Trinajstić information content (AvgIpc) is 2.67. The van der Waals surface area contributed by atoms with Gasteiger partial charge in [0, 0.05) is 13.1 Å². The Morgan fingerprint density at radius 2 is 1.76 bits per heavy atom. The number of hydrogen-bond acceptors (Lipinski definition) is 3. The lowest BCUT2D eigenvalue weighted by Gasteiger charge is -2.33. The largest absolute Gasteiger partial charge is 0.378 e. The summed E-state index contributed by atoms with van der Waals surface area (Å²) in [7, 11) is 0. The molecule has 2 aromatic rings. The number of rotatable bonds is 5. The highest BCUT2D eigenvalue weighted by molar-refractivity contribution is 5.82. The van der Waals surface area contributed by atoms with Crippen molar-refractivity contribution in [2.45, 2.75) is 38.6 Å². The predicted molar refractivity (Wildman–Crippen MR) is 97.0 cm³/mol. The van der Waals surface area contributed by atoms with Crippen molar-refractivity contribution in [3.63, 3.8) is 0 Å². The maximum Gasteiger partial charge on any atom is 0.256 e. The van der Waals surface area contributed by atoms with Crippen molar-refractivity contribution in [3.05, 3.63) is 71.3 Å². The van der Waals surface area contributed by atoms with Gasteiger partial charge in [-0.05, 0) is 36.5 Å². The van der Waals surface area contributed by atoms with E-state index in [0.717, 1.165) is 12.8 Å². The van der Waals surface area contributed by atoms with Crippen LogP contribution in [0.2, 0.25) is 0 Å². The third kappa shape index (κ3) is 4.47. The average molecular weight is 339 g/mol. The van der Waals surface area contributed by atoms with Crippen LogP contribution in [0.15, 0.2) is 54.6 Å². The first-order chi connectivity index (χ1) is 12.1. The molecule has 1 N–H and O–H groups in total. The van der Waals surface area contributed by atoms with Crippen LogP contribution in [0.25, 0.3) is 0 Å². The van der Waals surface area contributed by atoms with E-state index in [-0.39, 0.29) is 12.0 Å². The Hall–Kier alpha value is -2.17. The predicted octanol–water partition coefficient (Wildman–Crippen LogP) is 3.24. The SMILES string of the molecule is Cc1ccccc1COC1CCN(C(=O)C(O)c2ccccc2)CC1. The molecule has 1 unspecified atom stereocenters. The zero-order valence-electron chi connectivity index (χ0n) is 14.6. The van der Waals surface area contributed by atoms with Gasteiger partial charge in [0.2, 0.25) is 0 Å². The summed E-state index contributed by atoms with van der Waals surface area (Å²) >= 11 is 0.